The minimum absolute atomic E-state index is 0.000813. The normalized spacial score (nSPS) is 21.2. The van der Waals surface area contributed by atoms with Crippen LogP contribution in [0.15, 0.2) is 42.7 Å². The summed E-state index contributed by atoms with van der Waals surface area (Å²) in [6.07, 6.45) is 5.06. The summed E-state index contributed by atoms with van der Waals surface area (Å²) in [4.78, 5) is 18.5. The molecular weight excluding hydrogens is 486 g/mol. The lowest BCUT2D eigenvalue weighted by molar-refractivity contribution is -0.0611. The lowest BCUT2D eigenvalue weighted by Gasteiger charge is -2.41. The van der Waals surface area contributed by atoms with E-state index in [0.717, 1.165) is 60.2 Å². The molecule has 0 aliphatic carbocycles. The van der Waals surface area contributed by atoms with Crippen LogP contribution in [-0.4, -0.2) is 51.9 Å². The Labute approximate surface area is 232 Å². The quantitative estimate of drug-likeness (QED) is 0.451. The number of hydrogen-bond donors (Lipinski definition) is 0. The molecule has 0 bridgehead atoms. The molecule has 6 rings (SSSR count). The third-order valence-corrected chi connectivity index (χ3v) is 8.89. The second kappa shape index (κ2) is 9.86. The van der Waals surface area contributed by atoms with Crippen LogP contribution in [0.4, 0.5) is 5.69 Å². The number of anilines is 1. The molecule has 0 radical (unpaired) electrons. The zero-order chi connectivity index (χ0) is 27.4. The van der Waals surface area contributed by atoms with Gasteiger partial charge in [0.2, 0.25) is 0 Å². The van der Waals surface area contributed by atoms with Crippen LogP contribution < -0.4 is 4.90 Å². The van der Waals surface area contributed by atoms with Crippen molar-refractivity contribution in [3.8, 4) is 0 Å². The molecule has 4 heterocycles. The molecule has 3 aliphatic rings. The van der Waals surface area contributed by atoms with E-state index >= 15 is 0 Å². The van der Waals surface area contributed by atoms with E-state index in [1.165, 1.54) is 24.0 Å². The van der Waals surface area contributed by atoms with E-state index in [-0.39, 0.29) is 16.7 Å². The van der Waals surface area contributed by atoms with Gasteiger partial charge in [0.15, 0.2) is 0 Å². The van der Waals surface area contributed by atoms with Crippen molar-refractivity contribution in [3.63, 3.8) is 0 Å². The molecular formula is C32H41N5O2. The molecule has 2 aromatic carbocycles. The first-order valence-electron chi connectivity index (χ1n) is 14.3. The zero-order valence-corrected chi connectivity index (χ0v) is 24.0. The smallest absolute Gasteiger partial charge is 0.258 e. The number of rotatable bonds is 6. The van der Waals surface area contributed by atoms with Crippen molar-refractivity contribution in [2.24, 2.45) is 13.0 Å². The Morgan fingerprint density at radius 3 is 2.62 bits per heavy atom. The fourth-order valence-corrected chi connectivity index (χ4v) is 6.37. The highest BCUT2D eigenvalue weighted by atomic mass is 16.5. The van der Waals surface area contributed by atoms with Crippen molar-refractivity contribution in [3.05, 3.63) is 76.4 Å². The standard InChI is InChI=1S/C32H41N5O2/c1-22-7-6-10-36(16-22)17-23-11-26(31(2,3)4)13-27(12-23)37-18-24-8-9-25(14-28(24)30(37)38)32(19-39-20-32)15-29-34-33-21-35(29)5/h8-9,11-14,21-22H,6-7,10,15-20H2,1-5H3/t22-/m0/s1. The van der Waals surface area contributed by atoms with Gasteiger partial charge in [-0.25, -0.2) is 0 Å². The largest absolute Gasteiger partial charge is 0.379 e. The van der Waals surface area contributed by atoms with Gasteiger partial charge in [0.25, 0.3) is 5.91 Å². The van der Waals surface area contributed by atoms with Crippen LogP contribution in [0.1, 0.15) is 79.0 Å². The van der Waals surface area contributed by atoms with E-state index in [1.54, 1.807) is 6.33 Å². The van der Waals surface area contributed by atoms with E-state index in [4.69, 9.17) is 4.74 Å². The van der Waals surface area contributed by atoms with Gasteiger partial charge >= 0.3 is 0 Å². The van der Waals surface area contributed by atoms with Crippen molar-refractivity contribution < 1.29 is 9.53 Å². The first kappa shape index (κ1) is 26.2. The van der Waals surface area contributed by atoms with Crippen LogP contribution in [0.3, 0.4) is 0 Å². The molecule has 7 nitrogen and oxygen atoms in total. The maximum Gasteiger partial charge on any atom is 0.258 e. The number of carbonyl (C=O) groups excluding carboxylic acids is 1. The van der Waals surface area contributed by atoms with Crippen molar-refractivity contribution in [1.82, 2.24) is 19.7 Å². The van der Waals surface area contributed by atoms with Crippen LogP contribution in [0.5, 0.6) is 0 Å². The summed E-state index contributed by atoms with van der Waals surface area (Å²) in [7, 11) is 1.97. The molecule has 206 valence electrons. The minimum atomic E-state index is -0.172. The fourth-order valence-electron chi connectivity index (χ4n) is 6.37. The minimum Gasteiger partial charge on any atom is -0.379 e. The predicted molar refractivity (Wildman–Crippen MR) is 153 cm³/mol. The summed E-state index contributed by atoms with van der Waals surface area (Å²) in [6.45, 7) is 14.2. The van der Waals surface area contributed by atoms with Gasteiger partial charge < -0.3 is 14.2 Å². The average Bonchev–Trinajstić information content (AvgIpc) is 3.42. The van der Waals surface area contributed by atoms with Crippen LogP contribution in [0.2, 0.25) is 0 Å². The highest BCUT2D eigenvalue weighted by Gasteiger charge is 2.43. The Bertz CT molecular complexity index is 1380. The van der Waals surface area contributed by atoms with Crippen LogP contribution in [0.25, 0.3) is 0 Å². The topological polar surface area (TPSA) is 63.5 Å². The maximum atomic E-state index is 13.9. The number of piperidine rings is 1. The monoisotopic (exact) mass is 527 g/mol. The Morgan fingerprint density at radius 2 is 1.95 bits per heavy atom. The summed E-state index contributed by atoms with van der Waals surface area (Å²) in [5.41, 5.74) is 6.45. The van der Waals surface area contributed by atoms with Gasteiger partial charge in [0.05, 0.1) is 19.8 Å². The van der Waals surface area contributed by atoms with Crippen molar-refractivity contribution in [2.75, 3.05) is 31.2 Å². The van der Waals surface area contributed by atoms with Gasteiger partial charge in [0, 0.05) is 43.2 Å². The fraction of sp³-hybridized carbons (Fsp3) is 0.531. The molecule has 3 aromatic rings. The number of ether oxygens (including phenoxy) is 1. The Morgan fingerprint density at radius 1 is 1.13 bits per heavy atom. The van der Waals surface area contributed by atoms with Crippen LogP contribution >= 0.6 is 0 Å². The van der Waals surface area contributed by atoms with Gasteiger partial charge in [0.1, 0.15) is 12.2 Å². The SMILES string of the molecule is C[C@H]1CCCN(Cc2cc(N3Cc4ccc(C5(Cc6nncn6C)COC5)cc4C3=O)cc(C(C)(C)C)c2)C1. The molecule has 39 heavy (non-hydrogen) atoms. The lowest BCUT2D eigenvalue weighted by atomic mass is 9.75. The Hall–Kier alpha value is -3.03. The summed E-state index contributed by atoms with van der Waals surface area (Å²) in [6, 6.07) is 13.3. The number of hydrogen-bond acceptors (Lipinski definition) is 5. The van der Waals surface area contributed by atoms with Crippen molar-refractivity contribution in [2.45, 2.75) is 70.9 Å². The van der Waals surface area contributed by atoms with Gasteiger partial charge in [-0.3, -0.25) is 9.69 Å². The molecule has 1 atom stereocenters. The highest BCUT2D eigenvalue weighted by molar-refractivity contribution is 6.10. The molecule has 0 unspecified atom stereocenters. The third-order valence-electron chi connectivity index (χ3n) is 8.89. The average molecular weight is 528 g/mol. The number of aromatic nitrogens is 3. The number of nitrogens with zero attached hydrogens (tertiary/aromatic N) is 5. The number of likely N-dealkylation sites (tertiary alicyclic amines) is 1. The molecule has 2 saturated heterocycles. The predicted octanol–water partition coefficient (Wildman–Crippen LogP) is 5.02. The number of aryl methyl sites for hydroxylation is 1. The molecule has 0 spiro atoms. The first-order valence-corrected chi connectivity index (χ1v) is 14.3. The van der Waals surface area contributed by atoms with Gasteiger partial charge in [-0.2, -0.15) is 0 Å². The maximum absolute atomic E-state index is 13.9. The number of benzene rings is 2. The second-order valence-corrected chi connectivity index (χ2v) is 13.2. The van der Waals surface area contributed by atoms with Gasteiger partial charge in [-0.15, -0.1) is 10.2 Å². The van der Waals surface area contributed by atoms with Gasteiger partial charge in [-0.05, 0) is 71.2 Å². The van der Waals surface area contributed by atoms with Crippen LogP contribution in [0, 0.1) is 5.92 Å². The number of fused-ring (bicyclic) bond motifs is 1. The second-order valence-electron chi connectivity index (χ2n) is 13.2. The molecule has 1 amide bonds. The summed E-state index contributed by atoms with van der Waals surface area (Å²) in [5, 5.41) is 8.36. The van der Waals surface area contributed by atoms with Crippen molar-refractivity contribution >= 4 is 11.6 Å². The summed E-state index contributed by atoms with van der Waals surface area (Å²) >= 11 is 0. The summed E-state index contributed by atoms with van der Waals surface area (Å²) in [5.74, 6) is 1.76. The van der Waals surface area contributed by atoms with E-state index in [1.807, 2.05) is 16.5 Å². The van der Waals surface area contributed by atoms with Crippen LogP contribution in [-0.2, 0) is 42.1 Å². The van der Waals surface area contributed by atoms with Gasteiger partial charge in [-0.1, -0.05) is 45.9 Å². The molecule has 0 N–H and O–H groups in total. The van der Waals surface area contributed by atoms with E-state index in [9.17, 15) is 4.79 Å². The molecule has 7 heteroatoms. The van der Waals surface area contributed by atoms with Crippen molar-refractivity contribution in [1.29, 1.82) is 0 Å². The summed E-state index contributed by atoms with van der Waals surface area (Å²) < 4.78 is 7.65. The molecule has 3 aliphatic heterocycles. The Balaban J connectivity index is 1.29. The molecule has 0 saturated carbocycles. The lowest BCUT2D eigenvalue weighted by Crippen LogP contribution is -2.49. The number of amides is 1. The molecule has 2 fully saturated rings. The zero-order valence-electron chi connectivity index (χ0n) is 24.0. The van der Waals surface area contributed by atoms with E-state index < -0.39 is 0 Å². The third kappa shape index (κ3) is 5.03. The molecule has 1 aromatic heterocycles. The number of carbonyl (C=O) groups is 1. The van der Waals surface area contributed by atoms with E-state index in [2.05, 4.69) is 79.2 Å². The highest BCUT2D eigenvalue weighted by Crippen LogP contribution is 2.39. The first-order chi connectivity index (χ1) is 18.6. The Kier molecular flexibility index (Phi) is 6.63. The van der Waals surface area contributed by atoms with E-state index in [0.29, 0.717) is 19.8 Å².